The van der Waals surface area contributed by atoms with Crippen molar-refractivity contribution >= 4 is 5.97 Å². The van der Waals surface area contributed by atoms with Gasteiger partial charge in [0.1, 0.15) is 0 Å². The molecule has 0 atom stereocenters. The van der Waals surface area contributed by atoms with E-state index in [0.717, 1.165) is 38.2 Å². The first kappa shape index (κ1) is 14.4. The lowest BCUT2D eigenvalue weighted by Crippen LogP contribution is -2.48. The van der Waals surface area contributed by atoms with Crippen LogP contribution < -0.4 is 0 Å². The largest absolute Gasteiger partial charge is 0.465 e. The molecule has 2 fully saturated rings. The molecule has 3 heterocycles. The number of ether oxygens (including phenoxy) is 3. The predicted molar refractivity (Wildman–Crippen MR) is 74.7 cm³/mol. The Hall–Kier alpha value is -1.50. The summed E-state index contributed by atoms with van der Waals surface area (Å²) in [6.07, 6.45) is 3.57. The van der Waals surface area contributed by atoms with Crippen molar-refractivity contribution in [3.63, 3.8) is 0 Å². The molecule has 0 aromatic carbocycles. The highest BCUT2D eigenvalue weighted by molar-refractivity contribution is 5.88. The van der Waals surface area contributed by atoms with Gasteiger partial charge in [0.05, 0.1) is 38.1 Å². The summed E-state index contributed by atoms with van der Waals surface area (Å²) in [4.78, 5) is 18.0. The van der Waals surface area contributed by atoms with Gasteiger partial charge in [0.25, 0.3) is 0 Å². The number of esters is 1. The number of hydrogen-bond acceptors (Lipinski definition) is 6. The summed E-state index contributed by atoms with van der Waals surface area (Å²) in [5.74, 6) is -0.775. The van der Waals surface area contributed by atoms with Crippen LogP contribution in [0, 0.1) is 0 Å². The molecule has 0 N–H and O–H groups in total. The number of piperidine rings is 1. The summed E-state index contributed by atoms with van der Waals surface area (Å²) >= 11 is 0. The van der Waals surface area contributed by atoms with E-state index in [0.29, 0.717) is 18.8 Å². The summed E-state index contributed by atoms with van der Waals surface area (Å²) < 4.78 is 16.2. The normalized spacial score (nSPS) is 21.6. The predicted octanol–water partition coefficient (Wildman–Crippen LogP) is 1.21. The zero-order valence-electron chi connectivity index (χ0n) is 12.2. The van der Waals surface area contributed by atoms with Crippen molar-refractivity contribution in [3.05, 3.63) is 29.6 Å². The van der Waals surface area contributed by atoms with E-state index in [1.165, 1.54) is 7.11 Å². The van der Waals surface area contributed by atoms with Gasteiger partial charge < -0.3 is 14.2 Å². The second-order valence-corrected chi connectivity index (χ2v) is 5.45. The van der Waals surface area contributed by atoms with E-state index < -0.39 is 5.79 Å². The SMILES string of the molecule is COC(=O)c1ccc(CN2CCCC3(C2)OCCO3)nc1. The monoisotopic (exact) mass is 292 g/mol. The number of carbonyl (C=O) groups is 1. The summed E-state index contributed by atoms with van der Waals surface area (Å²) in [6, 6.07) is 3.61. The van der Waals surface area contributed by atoms with Crippen LogP contribution >= 0.6 is 0 Å². The average Bonchev–Trinajstić information content (AvgIpc) is 2.95. The first-order chi connectivity index (χ1) is 10.2. The first-order valence-corrected chi connectivity index (χ1v) is 7.24. The number of pyridine rings is 1. The minimum absolute atomic E-state index is 0.362. The number of carbonyl (C=O) groups excluding carboxylic acids is 1. The summed E-state index contributed by atoms with van der Waals surface area (Å²) in [5.41, 5.74) is 1.40. The number of nitrogens with zero attached hydrogens (tertiary/aromatic N) is 2. The molecule has 2 saturated heterocycles. The van der Waals surface area contributed by atoms with Gasteiger partial charge in [0.15, 0.2) is 5.79 Å². The Morgan fingerprint density at radius 2 is 2.24 bits per heavy atom. The quantitative estimate of drug-likeness (QED) is 0.780. The molecule has 2 aliphatic rings. The molecule has 0 radical (unpaired) electrons. The third-order valence-corrected chi connectivity index (χ3v) is 3.94. The third kappa shape index (κ3) is 3.23. The molecule has 1 aromatic heterocycles. The van der Waals surface area contributed by atoms with Gasteiger partial charge in [-0.1, -0.05) is 0 Å². The molecule has 1 aromatic rings. The Labute approximate surface area is 124 Å². The van der Waals surface area contributed by atoms with E-state index in [1.54, 1.807) is 12.3 Å². The van der Waals surface area contributed by atoms with Gasteiger partial charge in [-0.2, -0.15) is 0 Å². The molecule has 2 aliphatic heterocycles. The number of methoxy groups -OCH3 is 1. The maximum absolute atomic E-state index is 11.4. The van der Waals surface area contributed by atoms with Gasteiger partial charge in [-0.15, -0.1) is 0 Å². The van der Waals surface area contributed by atoms with Crippen LogP contribution in [-0.4, -0.2) is 55.1 Å². The van der Waals surface area contributed by atoms with Gasteiger partial charge >= 0.3 is 5.97 Å². The Balaban J connectivity index is 1.62. The molecule has 114 valence electrons. The molecule has 0 aliphatic carbocycles. The molecule has 6 nitrogen and oxygen atoms in total. The van der Waals surface area contributed by atoms with Gasteiger partial charge in [-0.25, -0.2) is 4.79 Å². The third-order valence-electron chi connectivity index (χ3n) is 3.94. The van der Waals surface area contributed by atoms with E-state index in [4.69, 9.17) is 9.47 Å². The van der Waals surface area contributed by atoms with Crippen LogP contribution in [0.2, 0.25) is 0 Å². The molecule has 6 heteroatoms. The number of aromatic nitrogens is 1. The summed E-state index contributed by atoms with van der Waals surface area (Å²) in [6.45, 7) is 3.87. The van der Waals surface area contributed by atoms with Gasteiger partial charge in [0, 0.05) is 19.2 Å². The molecule has 0 saturated carbocycles. The molecule has 1 spiro atoms. The lowest BCUT2D eigenvalue weighted by molar-refractivity contribution is -0.190. The highest BCUT2D eigenvalue weighted by Crippen LogP contribution is 2.30. The fraction of sp³-hybridized carbons (Fsp3) is 0.600. The fourth-order valence-electron chi connectivity index (χ4n) is 2.92. The van der Waals surface area contributed by atoms with E-state index >= 15 is 0 Å². The molecule has 0 amide bonds. The zero-order chi connectivity index (χ0) is 14.7. The average molecular weight is 292 g/mol. The molecule has 0 bridgehead atoms. The minimum Gasteiger partial charge on any atom is -0.465 e. The van der Waals surface area contributed by atoms with E-state index in [9.17, 15) is 4.79 Å². The Morgan fingerprint density at radius 3 is 2.90 bits per heavy atom. The zero-order valence-corrected chi connectivity index (χ0v) is 12.2. The Bertz CT molecular complexity index is 497. The second-order valence-electron chi connectivity index (χ2n) is 5.45. The van der Waals surface area contributed by atoms with Crippen molar-refractivity contribution in [1.82, 2.24) is 9.88 Å². The van der Waals surface area contributed by atoms with Crippen LogP contribution in [0.25, 0.3) is 0 Å². The standard InChI is InChI=1S/C15H20N2O4/c1-19-14(18)12-3-4-13(16-9-12)10-17-6-2-5-15(11-17)20-7-8-21-15/h3-4,9H,2,5-8,10-11H2,1H3. The number of hydrogen-bond donors (Lipinski definition) is 0. The highest BCUT2D eigenvalue weighted by atomic mass is 16.7. The van der Waals surface area contributed by atoms with Crippen LogP contribution in [-0.2, 0) is 20.8 Å². The number of likely N-dealkylation sites (tertiary alicyclic amines) is 1. The summed E-state index contributed by atoms with van der Waals surface area (Å²) in [5, 5.41) is 0. The Morgan fingerprint density at radius 1 is 1.43 bits per heavy atom. The summed E-state index contributed by atoms with van der Waals surface area (Å²) in [7, 11) is 1.37. The molecule has 3 rings (SSSR count). The van der Waals surface area contributed by atoms with Crippen LogP contribution in [0.3, 0.4) is 0 Å². The van der Waals surface area contributed by atoms with Crippen molar-refractivity contribution in [3.8, 4) is 0 Å². The topological polar surface area (TPSA) is 60.9 Å². The second kappa shape index (κ2) is 6.09. The minimum atomic E-state index is -0.412. The van der Waals surface area contributed by atoms with Crippen molar-refractivity contribution < 1.29 is 19.0 Å². The van der Waals surface area contributed by atoms with Crippen molar-refractivity contribution in [2.45, 2.75) is 25.2 Å². The first-order valence-electron chi connectivity index (χ1n) is 7.24. The van der Waals surface area contributed by atoms with E-state index in [-0.39, 0.29) is 5.97 Å². The van der Waals surface area contributed by atoms with Crippen molar-refractivity contribution in [2.24, 2.45) is 0 Å². The maximum atomic E-state index is 11.4. The van der Waals surface area contributed by atoms with Gasteiger partial charge in [-0.3, -0.25) is 9.88 Å². The van der Waals surface area contributed by atoms with Crippen molar-refractivity contribution in [2.75, 3.05) is 33.4 Å². The van der Waals surface area contributed by atoms with Crippen LogP contribution in [0.15, 0.2) is 18.3 Å². The van der Waals surface area contributed by atoms with Crippen LogP contribution in [0.1, 0.15) is 28.9 Å². The highest BCUT2D eigenvalue weighted by Gasteiger charge is 2.40. The van der Waals surface area contributed by atoms with Gasteiger partial charge in [0.2, 0.25) is 0 Å². The lowest BCUT2D eigenvalue weighted by Gasteiger charge is -2.38. The van der Waals surface area contributed by atoms with E-state index in [1.807, 2.05) is 6.07 Å². The lowest BCUT2D eigenvalue weighted by atomic mass is 10.0. The fourth-order valence-corrected chi connectivity index (χ4v) is 2.92. The van der Waals surface area contributed by atoms with Gasteiger partial charge in [-0.05, 0) is 25.1 Å². The van der Waals surface area contributed by atoms with Crippen LogP contribution in [0.5, 0.6) is 0 Å². The smallest absolute Gasteiger partial charge is 0.339 e. The maximum Gasteiger partial charge on any atom is 0.339 e. The molecule has 21 heavy (non-hydrogen) atoms. The van der Waals surface area contributed by atoms with Crippen molar-refractivity contribution in [1.29, 1.82) is 0 Å². The van der Waals surface area contributed by atoms with Crippen LogP contribution in [0.4, 0.5) is 0 Å². The Kier molecular flexibility index (Phi) is 4.19. The molecular formula is C15H20N2O4. The number of rotatable bonds is 3. The molecular weight excluding hydrogens is 272 g/mol. The van der Waals surface area contributed by atoms with E-state index in [2.05, 4.69) is 14.6 Å². The molecule has 0 unspecified atom stereocenters.